The van der Waals surface area contributed by atoms with E-state index in [2.05, 4.69) is 4.98 Å². The summed E-state index contributed by atoms with van der Waals surface area (Å²) in [6.07, 6.45) is 3.05. The average molecular weight is 294 g/mol. The molecule has 1 amide bonds. The van der Waals surface area contributed by atoms with Crippen LogP contribution in [0.1, 0.15) is 33.7 Å². The molecule has 4 heteroatoms. The van der Waals surface area contributed by atoms with Crippen LogP contribution in [0.25, 0.3) is 0 Å². The number of carbonyl (C=O) groups is 2. The van der Waals surface area contributed by atoms with E-state index in [0.717, 1.165) is 5.56 Å². The molecule has 0 spiro atoms. The number of likely N-dealkylation sites (tertiary alicyclic amines) is 1. The highest BCUT2D eigenvalue weighted by atomic mass is 16.2. The summed E-state index contributed by atoms with van der Waals surface area (Å²) in [5, 5.41) is 0. The van der Waals surface area contributed by atoms with Gasteiger partial charge in [0.05, 0.1) is 0 Å². The molecule has 4 nitrogen and oxygen atoms in total. The summed E-state index contributed by atoms with van der Waals surface area (Å²) in [7, 11) is 0. The zero-order valence-corrected chi connectivity index (χ0v) is 12.3. The smallest absolute Gasteiger partial charge is 0.272 e. The predicted molar refractivity (Wildman–Crippen MR) is 83.6 cm³/mol. The number of Topliss-reactive ketones (excluding diaryl/α,β-unsaturated/α-hetero) is 1. The number of nitrogens with zero attached hydrogens (tertiary/aromatic N) is 2. The molecular weight excluding hydrogens is 276 g/mol. The van der Waals surface area contributed by atoms with Crippen molar-refractivity contribution < 1.29 is 9.59 Å². The second kappa shape index (κ2) is 6.52. The summed E-state index contributed by atoms with van der Waals surface area (Å²) < 4.78 is 0. The fraction of sp³-hybridized carbons (Fsp3) is 0.278. The lowest BCUT2D eigenvalue weighted by Gasteiger charge is -2.31. The molecule has 1 aliphatic heterocycles. The third kappa shape index (κ3) is 3.06. The van der Waals surface area contributed by atoms with Crippen LogP contribution in [-0.2, 0) is 0 Å². The number of ketones is 1. The van der Waals surface area contributed by atoms with E-state index in [-0.39, 0.29) is 17.6 Å². The highest BCUT2D eigenvalue weighted by Crippen LogP contribution is 2.22. The summed E-state index contributed by atoms with van der Waals surface area (Å²) >= 11 is 0. The number of amides is 1. The Hall–Kier alpha value is -2.49. The van der Waals surface area contributed by atoms with Crippen molar-refractivity contribution in [1.29, 1.82) is 0 Å². The zero-order valence-electron chi connectivity index (χ0n) is 12.3. The number of piperidine rings is 1. The summed E-state index contributed by atoms with van der Waals surface area (Å²) in [6.45, 7) is 1.22. The lowest BCUT2D eigenvalue weighted by Crippen LogP contribution is -2.40. The van der Waals surface area contributed by atoms with Crippen molar-refractivity contribution in [2.75, 3.05) is 13.1 Å². The Morgan fingerprint density at radius 1 is 0.955 bits per heavy atom. The molecular formula is C18H18N2O2. The molecule has 112 valence electrons. The highest BCUT2D eigenvalue weighted by Gasteiger charge is 2.28. The molecule has 3 rings (SSSR count). The SMILES string of the molecule is O=C(c1ccccc1)C1CCN(C(=O)c2ccccn2)CC1. The largest absolute Gasteiger partial charge is 0.337 e. The Morgan fingerprint density at radius 2 is 1.64 bits per heavy atom. The molecule has 1 aromatic carbocycles. The molecule has 2 aromatic rings. The van der Waals surface area contributed by atoms with Gasteiger partial charge in [-0.3, -0.25) is 14.6 Å². The summed E-state index contributed by atoms with van der Waals surface area (Å²) in [5.41, 5.74) is 1.23. The first-order valence-electron chi connectivity index (χ1n) is 7.55. The minimum atomic E-state index is -0.0498. The molecule has 0 aliphatic carbocycles. The Labute approximate surface area is 129 Å². The van der Waals surface area contributed by atoms with Crippen molar-refractivity contribution >= 4 is 11.7 Å². The first kappa shape index (κ1) is 14.4. The van der Waals surface area contributed by atoms with Crippen LogP contribution in [0.15, 0.2) is 54.7 Å². The second-order valence-corrected chi connectivity index (χ2v) is 5.51. The van der Waals surface area contributed by atoms with E-state index in [1.807, 2.05) is 36.4 Å². The first-order valence-corrected chi connectivity index (χ1v) is 7.55. The van der Waals surface area contributed by atoms with Gasteiger partial charge in [0.1, 0.15) is 5.69 Å². The van der Waals surface area contributed by atoms with Crippen molar-refractivity contribution in [3.05, 3.63) is 66.0 Å². The van der Waals surface area contributed by atoms with E-state index in [1.165, 1.54) is 0 Å². The molecule has 1 aromatic heterocycles. The minimum Gasteiger partial charge on any atom is -0.337 e. The fourth-order valence-corrected chi connectivity index (χ4v) is 2.83. The molecule has 0 atom stereocenters. The van der Waals surface area contributed by atoms with E-state index < -0.39 is 0 Å². The van der Waals surface area contributed by atoms with Crippen molar-refractivity contribution in [2.24, 2.45) is 5.92 Å². The molecule has 1 saturated heterocycles. The van der Waals surface area contributed by atoms with Gasteiger partial charge >= 0.3 is 0 Å². The number of rotatable bonds is 3. The zero-order chi connectivity index (χ0) is 15.4. The van der Waals surface area contributed by atoms with Crippen LogP contribution < -0.4 is 0 Å². The van der Waals surface area contributed by atoms with Crippen LogP contribution in [-0.4, -0.2) is 34.7 Å². The van der Waals surface area contributed by atoms with Gasteiger partial charge in [0, 0.05) is 30.8 Å². The molecule has 0 radical (unpaired) electrons. The molecule has 1 fully saturated rings. The van der Waals surface area contributed by atoms with Crippen LogP contribution >= 0.6 is 0 Å². The van der Waals surface area contributed by atoms with Gasteiger partial charge < -0.3 is 4.90 Å². The molecule has 1 aliphatic rings. The number of aromatic nitrogens is 1. The van der Waals surface area contributed by atoms with E-state index in [1.54, 1.807) is 23.2 Å². The molecule has 0 saturated carbocycles. The predicted octanol–water partition coefficient (Wildman–Crippen LogP) is 2.82. The Kier molecular flexibility index (Phi) is 4.28. The number of benzene rings is 1. The van der Waals surface area contributed by atoms with Gasteiger partial charge in [-0.1, -0.05) is 36.4 Å². The molecule has 0 bridgehead atoms. The summed E-state index contributed by atoms with van der Waals surface area (Å²) in [5.74, 6) is 0.145. The maximum absolute atomic E-state index is 12.4. The van der Waals surface area contributed by atoms with Crippen molar-refractivity contribution in [3.63, 3.8) is 0 Å². The van der Waals surface area contributed by atoms with Gasteiger partial charge in [0.2, 0.25) is 0 Å². The van der Waals surface area contributed by atoms with Crippen molar-refractivity contribution in [2.45, 2.75) is 12.8 Å². The number of hydrogen-bond donors (Lipinski definition) is 0. The van der Waals surface area contributed by atoms with Crippen LogP contribution in [0.3, 0.4) is 0 Å². The molecule has 2 heterocycles. The third-order valence-corrected chi connectivity index (χ3v) is 4.10. The molecule has 22 heavy (non-hydrogen) atoms. The Balaban J connectivity index is 1.61. The van der Waals surface area contributed by atoms with Gasteiger partial charge in [-0.15, -0.1) is 0 Å². The van der Waals surface area contributed by atoms with Crippen molar-refractivity contribution in [3.8, 4) is 0 Å². The lowest BCUT2D eigenvalue weighted by atomic mass is 9.89. The van der Waals surface area contributed by atoms with Crippen LogP contribution in [0.4, 0.5) is 0 Å². The van der Waals surface area contributed by atoms with E-state index >= 15 is 0 Å². The molecule has 0 N–H and O–H groups in total. The second-order valence-electron chi connectivity index (χ2n) is 5.51. The molecule has 0 unspecified atom stereocenters. The Bertz CT molecular complexity index is 588. The lowest BCUT2D eigenvalue weighted by molar-refractivity contribution is 0.0645. The quantitative estimate of drug-likeness (QED) is 0.818. The van der Waals surface area contributed by atoms with Gasteiger partial charge in [0.15, 0.2) is 5.78 Å². The summed E-state index contributed by atoms with van der Waals surface area (Å²) in [4.78, 5) is 30.6. The average Bonchev–Trinajstić information content (AvgIpc) is 2.62. The maximum Gasteiger partial charge on any atom is 0.272 e. The monoisotopic (exact) mass is 294 g/mol. The van der Waals surface area contributed by atoms with Gasteiger partial charge in [-0.05, 0) is 25.0 Å². The van der Waals surface area contributed by atoms with Crippen LogP contribution in [0.2, 0.25) is 0 Å². The fourth-order valence-electron chi connectivity index (χ4n) is 2.83. The van der Waals surface area contributed by atoms with Crippen LogP contribution in [0.5, 0.6) is 0 Å². The Morgan fingerprint density at radius 3 is 2.27 bits per heavy atom. The van der Waals surface area contributed by atoms with Gasteiger partial charge in [0.25, 0.3) is 5.91 Å². The van der Waals surface area contributed by atoms with Gasteiger partial charge in [-0.2, -0.15) is 0 Å². The number of carbonyl (C=O) groups excluding carboxylic acids is 2. The highest BCUT2D eigenvalue weighted by molar-refractivity contribution is 5.98. The number of hydrogen-bond acceptors (Lipinski definition) is 3. The van der Waals surface area contributed by atoms with Crippen LogP contribution in [0, 0.1) is 5.92 Å². The maximum atomic E-state index is 12.4. The van der Waals surface area contributed by atoms with E-state index in [4.69, 9.17) is 0 Å². The topological polar surface area (TPSA) is 50.3 Å². The number of pyridine rings is 1. The van der Waals surface area contributed by atoms with Gasteiger partial charge in [-0.25, -0.2) is 0 Å². The normalized spacial score (nSPS) is 15.5. The minimum absolute atomic E-state index is 0.00943. The summed E-state index contributed by atoms with van der Waals surface area (Å²) in [6, 6.07) is 14.7. The standard InChI is InChI=1S/C18H18N2O2/c21-17(14-6-2-1-3-7-14)15-9-12-20(13-10-15)18(22)16-8-4-5-11-19-16/h1-8,11,15H,9-10,12-13H2. The third-order valence-electron chi connectivity index (χ3n) is 4.10. The van der Waals surface area contributed by atoms with E-state index in [9.17, 15) is 9.59 Å². The van der Waals surface area contributed by atoms with Crippen molar-refractivity contribution in [1.82, 2.24) is 9.88 Å². The first-order chi connectivity index (χ1) is 10.8. The van der Waals surface area contributed by atoms with E-state index in [0.29, 0.717) is 31.6 Å².